The number of halogens is 1. The smallest absolute Gasteiger partial charge is 0.252 e. The number of nitrogens with one attached hydrogen (secondary N) is 3. The van der Waals surface area contributed by atoms with Crippen LogP contribution in [0.5, 0.6) is 0 Å². The van der Waals surface area contributed by atoms with Crippen molar-refractivity contribution in [2.45, 2.75) is 63.5 Å². The second kappa shape index (κ2) is 13.8. The monoisotopic (exact) mass is 632 g/mol. The predicted octanol–water partition coefficient (Wildman–Crippen LogP) is 5.22. The molecule has 2 aliphatic rings. The number of hydrogen-bond donors (Lipinski definition) is 3. The highest BCUT2D eigenvalue weighted by molar-refractivity contribution is 9.10. The van der Waals surface area contributed by atoms with E-state index >= 15 is 0 Å². The van der Waals surface area contributed by atoms with E-state index in [0.29, 0.717) is 37.3 Å². The molecule has 3 aromatic carbocycles. The number of rotatable bonds is 10. The summed E-state index contributed by atoms with van der Waals surface area (Å²) in [5.41, 5.74) is 0.437. The normalized spacial score (nSPS) is 18.0. The van der Waals surface area contributed by atoms with Gasteiger partial charge in [0.05, 0.1) is 0 Å². The van der Waals surface area contributed by atoms with Crippen LogP contribution in [0.3, 0.4) is 0 Å². The van der Waals surface area contributed by atoms with Crippen LogP contribution in [0.4, 0.5) is 0 Å². The number of amides is 3. The lowest BCUT2D eigenvalue weighted by Gasteiger charge is -2.32. The van der Waals surface area contributed by atoms with E-state index in [1.807, 2.05) is 60.7 Å². The van der Waals surface area contributed by atoms with Crippen LogP contribution in [0.15, 0.2) is 71.2 Å². The molecule has 0 radical (unpaired) electrons. The first-order valence-corrected chi connectivity index (χ1v) is 16.0. The van der Waals surface area contributed by atoms with Crippen LogP contribution < -0.4 is 16.0 Å². The Morgan fingerprint density at radius 2 is 1.64 bits per heavy atom. The van der Waals surface area contributed by atoms with Crippen molar-refractivity contribution in [3.8, 4) is 0 Å². The van der Waals surface area contributed by atoms with Crippen LogP contribution >= 0.6 is 15.9 Å². The molecule has 1 saturated carbocycles. The third-order valence-electron chi connectivity index (χ3n) is 8.93. The van der Waals surface area contributed by atoms with Gasteiger partial charge in [0.1, 0.15) is 11.6 Å². The van der Waals surface area contributed by atoms with Gasteiger partial charge < -0.3 is 20.9 Å². The van der Waals surface area contributed by atoms with Crippen molar-refractivity contribution in [1.82, 2.24) is 20.9 Å². The fourth-order valence-corrected chi connectivity index (χ4v) is 6.64. The van der Waals surface area contributed by atoms with E-state index in [2.05, 4.69) is 43.7 Å². The van der Waals surface area contributed by atoms with Gasteiger partial charge >= 0.3 is 0 Å². The van der Waals surface area contributed by atoms with E-state index < -0.39 is 11.6 Å². The predicted molar refractivity (Wildman–Crippen MR) is 170 cm³/mol. The van der Waals surface area contributed by atoms with Gasteiger partial charge in [-0.1, -0.05) is 78.2 Å². The molecule has 0 bridgehead atoms. The number of nitrogens with zero attached hydrogens (tertiary/aromatic N) is 1. The first kappa shape index (κ1) is 30.2. The number of benzene rings is 3. The highest BCUT2D eigenvalue weighted by Gasteiger charge is 2.44. The second-order valence-electron chi connectivity index (χ2n) is 11.8. The summed E-state index contributed by atoms with van der Waals surface area (Å²) in [7, 11) is 0. The molecule has 0 aromatic heterocycles. The molecular weight excluding hydrogens is 592 g/mol. The minimum atomic E-state index is -1.05. The van der Waals surface area contributed by atoms with Gasteiger partial charge in [-0.25, -0.2) is 0 Å². The minimum absolute atomic E-state index is 0.176. The Morgan fingerprint density at radius 3 is 2.36 bits per heavy atom. The second-order valence-corrected chi connectivity index (χ2v) is 12.7. The fourth-order valence-electron chi connectivity index (χ4n) is 6.27. The van der Waals surface area contributed by atoms with Crippen molar-refractivity contribution in [3.05, 3.63) is 82.3 Å². The molecule has 3 aromatic rings. The molecule has 5 rings (SSSR count). The van der Waals surface area contributed by atoms with Gasteiger partial charge in [-0.3, -0.25) is 14.4 Å². The quantitative estimate of drug-likeness (QED) is 0.286. The van der Waals surface area contributed by atoms with Crippen LogP contribution in [0.25, 0.3) is 10.8 Å². The highest BCUT2D eigenvalue weighted by atomic mass is 79.9. The Bertz CT molecular complexity index is 1400. The van der Waals surface area contributed by atoms with Gasteiger partial charge in [0.15, 0.2) is 0 Å². The summed E-state index contributed by atoms with van der Waals surface area (Å²) in [4.78, 5) is 43.4. The lowest BCUT2D eigenvalue weighted by molar-refractivity contribution is -0.132. The van der Waals surface area contributed by atoms with E-state index in [-0.39, 0.29) is 17.7 Å². The fraction of sp³-hybridized carbons (Fsp3) is 0.441. The van der Waals surface area contributed by atoms with Gasteiger partial charge in [-0.15, -0.1) is 0 Å². The zero-order valence-corrected chi connectivity index (χ0v) is 25.9. The summed E-state index contributed by atoms with van der Waals surface area (Å²) in [6.45, 7) is 5.95. The molecule has 0 unspecified atom stereocenters. The third-order valence-corrected chi connectivity index (χ3v) is 9.43. The van der Waals surface area contributed by atoms with Crippen LogP contribution in [-0.2, 0) is 16.0 Å². The number of hydrogen-bond acceptors (Lipinski definition) is 4. The summed E-state index contributed by atoms with van der Waals surface area (Å²) in [6.07, 6.45) is 5.27. The molecule has 3 N–H and O–H groups in total. The molecule has 222 valence electrons. The summed E-state index contributed by atoms with van der Waals surface area (Å²) in [6, 6.07) is 20.5. The van der Waals surface area contributed by atoms with Gasteiger partial charge in [0, 0.05) is 23.0 Å². The number of piperidine rings is 1. The van der Waals surface area contributed by atoms with Crippen LogP contribution in [0, 0.1) is 5.92 Å². The molecule has 0 spiro atoms. The van der Waals surface area contributed by atoms with E-state index in [9.17, 15) is 14.4 Å². The molecule has 1 aliphatic heterocycles. The third kappa shape index (κ3) is 7.39. The molecular formula is C34H41BrN4O3. The first-order chi connectivity index (χ1) is 20.3. The average molecular weight is 634 g/mol. The summed E-state index contributed by atoms with van der Waals surface area (Å²) < 4.78 is 0.977. The molecule has 1 saturated heterocycles. The topological polar surface area (TPSA) is 90.5 Å². The van der Waals surface area contributed by atoms with E-state index in [4.69, 9.17) is 0 Å². The first-order valence-electron chi connectivity index (χ1n) is 15.2. The lowest BCUT2D eigenvalue weighted by Crippen LogP contribution is -2.61. The molecule has 7 nitrogen and oxygen atoms in total. The number of likely N-dealkylation sites (tertiary alicyclic amines) is 1. The van der Waals surface area contributed by atoms with Crippen molar-refractivity contribution in [2.24, 2.45) is 5.92 Å². The lowest BCUT2D eigenvalue weighted by atomic mass is 9.93. The standard InChI is InChI=1S/C34H41BrN4O3/c1-2-39-18-14-25(15-19-39)23-36-32(41)30(20-24-8-4-3-5-9-24)37-33(42)34(16-6-7-17-34)38-31(40)28-11-10-27-22-29(35)13-12-26(27)21-28/h3-5,8-13,21-22,25,30H,2,6-7,14-20,23H2,1H3,(H,36,41)(H,37,42)(H,38,40)/t30-/m1/s1. The number of carbonyl (C=O) groups excluding carboxylic acids is 3. The Kier molecular flexibility index (Phi) is 9.95. The minimum Gasteiger partial charge on any atom is -0.354 e. The van der Waals surface area contributed by atoms with Crippen LogP contribution in [-0.4, -0.2) is 60.4 Å². The molecule has 3 amide bonds. The Labute approximate surface area is 256 Å². The molecule has 2 fully saturated rings. The highest BCUT2D eigenvalue weighted by Crippen LogP contribution is 2.31. The van der Waals surface area contributed by atoms with Gasteiger partial charge in [0.25, 0.3) is 5.91 Å². The maximum Gasteiger partial charge on any atom is 0.252 e. The van der Waals surface area contributed by atoms with Crippen molar-refractivity contribution in [2.75, 3.05) is 26.2 Å². The van der Waals surface area contributed by atoms with E-state index in [0.717, 1.165) is 66.1 Å². The van der Waals surface area contributed by atoms with Crippen molar-refractivity contribution < 1.29 is 14.4 Å². The average Bonchev–Trinajstić information content (AvgIpc) is 3.49. The van der Waals surface area contributed by atoms with Gasteiger partial charge in [-0.05, 0) is 91.8 Å². The Morgan fingerprint density at radius 1 is 0.952 bits per heavy atom. The number of fused-ring (bicyclic) bond motifs is 1. The molecule has 42 heavy (non-hydrogen) atoms. The zero-order valence-electron chi connectivity index (χ0n) is 24.3. The summed E-state index contributed by atoms with van der Waals surface area (Å²) in [5.74, 6) is -0.302. The zero-order chi connectivity index (χ0) is 29.5. The largest absolute Gasteiger partial charge is 0.354 e. The Balaban J connectivity index is 1.29. The maximum atomic E-state index is 13.9. The van der Waals surface area contributed by atoms with E-state index in [1.165, 1.54) is 0 Å². The SMILES string of the molecule is CCN1CCC(CNC(=O)[C@@H](Cc2ccccc2)NC(=O)C2(NC(=O)c3ccc4cc(Br)ccc4c3)CCCC2)CC1. The summed E-state index contributed by atoms with van der Waals surface area (Å²) >= 11 is 3.49. The van der Waals surface area contributed by atoms with E-state index in [1.54, 1.807) is 6.07 Å². The molecule has 1 atom stereocenters. The molecule has 8 heteroatoms. The Hall–Kier alpha value is -3.23. The van der Waals surface area contributed by atoms with Crippen LogP contribution in [0.1, 0.15) is 61.4 Å². The van der Waals surface area contributed by atoms with Crippen molar-refractivity contribution >= 4 is 44.4 Å². The number of carbonyl (C=O) groups is 3. The molecule has 1 heterocycles. The van der Waals surface area contributed by atoms with Crippen molar-refractivity contribution in [1.29, 1.82) is 0 Å². The van der Waals surface area contributed by atoms with Gasteiger partial charge in [-0.2, -0.15) is 0 Å². The van der Waals surface area contributed by atoms with Gasteiger partial charge in [0.2, 0.25) is 11.8 Å². The van der Waals surface area contributed by atoms with Crippen molar-refractivity contribution in [3.63, 3.8) is 0 Å². The molecule has 1 aliphatic carbocycles. The maximum absolute atomic E-state index is 13.9. The summed E-state index contributed by atoms with van der Waals surface area (Å²) in [5, 5.41) is 11.3. The van der Waals surface area contributed by atoms with Crippen LogP contribution in [0.2, 0.25) is 0 Å².